The number of halogens is 1. The maximum atomic E-state index is 12.2. The fourth-order valence-electron chi connectivity index (χ4n) is 2.52. The lowest BCUT2D eigenvalue weighted by atomic mass is 10.0. The molecule has 0 aliphatic carbocycles. The highest BCUT2D eigenvalue weighted by Gasteiger charge is 2.23. The Morgan fingerprint density at radius 2 is 2.18 bits per heavy atom. The van der Waals surface area contributed by atoms with Gasteiger partial charge in [0.2, 0.25) is 0 Å². The van der Waals surface area contributed by atoms with Gasteiger partial charge >= 0.3 is 6.03 Å². The first-order chi connectivity index (χ1) is 10.6. The molecule has 22 heavy (non-hydrogen) atoms. The van der Waals surface area contributed by atoms with Crippen molar-refractivity contribution in [3.05, 3.63) is 51.2 Å². The minimum Gasteiger partial charge on any atom is -0.493 e. The Balaban J connectivity index is 1.63. The minimum atomic E-state index is -0.182. The maximum Gasteiger partial charge on any atom is 0.315 e. The van der Waals surface area contributed by atoms with E-state index in [0.717, 1.165) is 26.9 Å². The molecule has 0 saturated heterocycles. The topological polar surface area (TPSA) is 50.4 Å². The number of rotatable bonds is 3. The summed E-state index contributed by atoms with van der Waals surface area (Å²) in [6.07, 6.45) is 0.768. The standard InChI is InChI=1S/C16H17ClN2O2S/c1-10(14-6-7-15(17)22-14)18-16(20)19-12-8-9-21-13-5-3-2-4-11(12)13/h2-7,10,12H,8-9H2,1H3,(H2,18,19,20)/t10-,12-/m1/s1. The smallest absolute Gasteiger partial charge is 0.315 e. The van der Waals surface area contributed by atoms with Gasteiger partial charge in [-0.1, -0.05) is 29.8 Å². The number of para-hydroxylation sites is 1. The molecule has 1 aliphatic rings. The first-order valence-electron chi connectivity index (χ1n) is 7.17. The van der Waals surface area contributed by atoms with Crippen LogP contribution < -0.4 is 15.4 Å². The van der Waals surface area contributed by atoms with Crippen LogP contribution in [-0.2, 0) is 0 Å². The molecule has 2 aromatic rings. The van der Waals surface area contributed by atoms with Crippen molar-refractivity contribution in [2.24, 2.45) is 0 Å². The monoisotopic (exact) mass is 336 g/mol. The van der Waals surface area contributed by atoms with E-state index in [9.17, 15) is 4.79 Å². The van der Waals surface area contributed by atoms with Crippen LogP contribution in [0.25, 0.3) is 0 Å². The van der Waals surface area contributed by atoms with Crippen molar-refractivity contribution in [2.45, 2.75) is 25.4 Å². The third-order valence-electron chi connectivity index (χ3n) is 3.63. The molecule has 2 N–H and O–H groups in total. The van der Waals surface area contributed by atoms with Crippen LogP contribution in [0, 0.1) is 0 Å². The summed E-state index contributed by atoms with van der Waals surface area (Å²) >= 11 is 7.40. The summed E-state index contributed by atoms with van der Waals surface area (Å²) in [6, 6.07) is 11.3. The Morgan fingerprint density at radius 1 is 1.36 bits per heavy atom. The molecule has 0 unspecified atom stereocenters. The molecular formula is C16H17ClN2O2S. The molecule has 2 atom stereocenters. The van der Waals surface area contributed by atoms with E-state index in [2.05, 4.69) is 10.6 Å². The lowest BCUT2D eigenvalue weighted by molar-refractivity contribution is 0.221. The summed E-state index contributed by atoms with van der Waals surface area (Å²) < 4.78 is 6.33. The van der Waals surface area contributed by atoms with E-state index < -0.39 is 0 Å². The number of fused-ring (bicyclic) bond motifs is 1. The van der Waals surface area contributed by atoms with Crippen molar-refractivity contribution in [1.82, 2.24) is 10.6 Å². The predicted octanol–water partition coefficient (Wildman–Crippen LogP) is 4.29. The average Bonchev–Trinajstić information content (AvgIpc) is 2.94. The van der Waals surface area contributed by atoms with Gasteiger partial charge in [0.05, 0.1) is 23.0 Å². The number of carbonyl (C=O) groups is 1. The lowest BCUT2D eigenvalue weighted by Gasteiger charge is -2.27. The highest BCUT2D eigenvalue weighted by atomic mass is 35.5. The van der Waals surface area contributed by atoms with Crippen molar-refractivity contribution >= 4 is 29.0 Å². The molecule has 1 aliphatic heterocycles. The molecule has 2 amide bonds. The van der Waals surface area contributed by atoms with E-state index in [1.807, 2.05) is 43.3 Å². The van der Waals surface area contributed by atoms with Gasteiger partial charge in [0.15, 0.2) is 0 Å². The molecule has 0 fully saturated rings. The Kier molecular flexibility index (Phi) is 4.55. The van der Waals surface area contributed by atoms with E-state index in [0.29, 0.717) is 6.61 Å². The zero-order chi connectivity index (χ0) is 15.5. The molecule has 1 aromatic heterocycles. The molecule has 0 bridgehead atoms. The van der Waals surface area contributed by atoms with Crippen LogP contribution in [0.15, 0.2) is 36.4 Å². The molecule has 4 nitrogen and oxygen atoms in total. The van der Waals surface area contributed by atoms with Crippen molar-refractivity contribution < 1.29 is 9.53 Å². The second-order valence-electron chi connectivity index (χ2n) is 5.21. The Labute approximate surface area is 138 Å². The van der Waals surface area contributed by atoms with E-state index in [1.165, 1.54) is 11.3 Å². The zero-order valence-electron chi connectivity index (χ0n) is 12.1. The number of benzene rings is 1. The molecule has 0 radical (unpaired) electrons. The number of hydrogen-bond acceptors (Lipinski definition) is 3. The number of nitrogens with one attached hydrogen (secondary N) is 2. The molecule has 1 aromatic carbocycles. The molecule has 6 heteroatoms. The van der Waals surface area contributed by atoms with Crippen LogP contribution in [0.3, 0.4) is 0 Å². The van der Waals surface area contributed by atoms with Gasteiger partial charge in [-0.2, -0.15) is 0 Å². The number of hydrogen-bond donors (Lipinski definition) is 2. The Hall–Kier alpha value is -1.72. The van der Waals surface area contributed by atoms with Crippen LogP contribution in [0.4, 0.5) is 4.79 Å². The first kappa shape index (κ1) is 15.2. The molecule has 3 rings (SSSR count). The average molecular weight is 337 g/mol. The van der Waals surface area contributed by atoms with Gasteiger partial charge in [0, 0.05) is 16.9 Å². The largest absolute Gasteiger partial charge is 0.493 e. The predicted molar refractivity (Wildman–Crippen MR) is 88.7 cm³/mol. The number of carbonyl (C=O) groups excluding carboxylic acids is 1. The summed E-state index contributed by atoms with van der Waals surface area (Å²) in [6.45, 7) is 2.55. The van der Waals surface area contributed by atoms with Gasteiger partial charge in [-0.25, -0.2) is 4.79 Å². The van der Waals surface area contributed by atoms with E-state index in [4.69, 9.17) is 16.3 Å². The Morgan fingerprint density at radius 3 is 2.95 bits per heavy atom. The van der Waals surface area contributed by atoms with Gasteiger partial charge in [-0.05, 0) is 25.1 Å². The van der Waals surface area contributed by atoms with Crippen LogP contribution in [0.5, 0.6) is 5.75 Å². The fourth-order valence-corrected chi connectivity index (χ4v) is 3.58. The SMILES string of the molecule is C[C@@H](NC(=O)N[C@@H]1CCOc2ccccc21)c1ccc(Cl)s1. The van der Waals surface area contributed by atoms with Gasteiger partial charge < -0.3 is 15.4 Å². The van der Waals surface area contributed by atoms with Gasteiger partial charge in [-0.15, -0.1) is 11.3 Å². The van der Waals surface area contributed by atoms with Crippen molar-refractivity contribution in [3.63, 3.8) is 0 Å². The summed E-state index contributed by atoms with van der Waals surface area (Å²) in [5.41, 5.74) is 1.02. The van der Waals surface area contributed by atoms with Crippen LogP contribution in [0.2, 0.25) is 4.34 Å². The molecular weight excluding hydrogens is 320 g/mol. The molecule has 0 spiro atoms. The quantitative estimate of drug-likeness (QED) is 0.878. The molecule has 0 saturated carbocycles. The highest BCUT2D eigenvalue weighted by Crippen LogP contribution is 2.31. The second kappa shape index (κ2) is 6.58. The molecule has 116 valence electrons. The third-order valence-corrected chi connectivity index (χ3v) is 5.05. The Bertz CT molecular complexity index is 674. The molecule has 2 heterocycles. The summed E-state index contributed by atoms with van der Waals surface area (Å²) in [4.78, 5) is 13.3. The zero-order valence-corrected chi connectivity index (χ0v) is 13.7. The number of amides is 2. The number of urea groups is 1. The number of ether oxygens (including phenoxy) is 1. The van der Waals surface area contributed by atoms with Gasteiger partial charge in [-0.3, -0.25) is 0 Å². The lowest BCUT2D eigenvalue weighted by Crippen LogP contribution is -2.40. The normalized spacial score (nSPS) is 18.0. The highest BCUT2D eigenvalue weighted by molar-refractivity contribution is 7.16. The van der Waals surface area contributed by atoms with Gasteiger partial charge in [0.1, 0.15) is 5.75 Å². The summed E-state index contributed by atoms with van der Waals surface area (Å²) in [7, 11) is 0. The maximum absolute atomic E-state index is 12.2. The van der Waals surface area contributed by atoms with Crippen molar-refractivity contribution in [2.75, 3.05) is 6.61 Å². The summed E-state index contributed by atoms with van der Waals surface area (Å²) in [5, 5.41) is 5.97. The van der Waals surface area contributed by atoms with Crippen molar-refractivity contribution in [3.8, 4) is 5.75 Å². The van der Waals surface area contributed by atoms with Gasteiger partial charge in [0.25, 0.3) is 0 Å². The second-order valence-corrected chi connectivity index (χ2v) is 6.96. The van der Waals surface area contributed by atoms with Crippen LogP contribution in [0.1, 0.15) is 35.9 Å². The van der Waals surface area contributed by atoms with Crippen LogP contribution in [-0.4, -0.2) is 12.6 Å². The minimum absolute atomic E-state index is 0.0240. The summed E-state index contributed by atoms with van der Waals surface area (Å²) in [5.74, 6) is 0.845. The van der Waals surface area contributed by atoms with Crippen LogP contribution >= 0.6 is 22.9 Å². The third kappa shape index (κ3) is 3.36. The van der Waals surface area contributed by atoms with E-state index >= 15 is 0 Å². The fraction of sp³-hybridized carbons (Fsp3) is 0.312. The van der Waals surface area contributed by atoms with Crippen molar-refractivity contribution in [1.29, 1.82) is 0 Å². The van der Waals surface area contributed by atoms with E-state index in [-0.39, 0.29) is 18.1 Å². The number of thiophene rings is 1. The first-order valence-corrected chi connectivity index (χ1v) is 8.37. The van der Waals surface area contributed by atoms with E-state index in [1.54, 1.807) is 0 Å².